The molecule has 0 aliphatic carbocycles. The number of oxime groups is 1. The summed E-state index contributed by atoms with van der Waals surface area (Å²) in [6.07, 6.45) is 4.60. The molecule has 0 saturated heterocycles. The smallest absolute Gasteiger partial charge is 0.169 e. The SMILES string of the molecule is CCCc1cc(OCC=C(Cl)Cl)cc(F)c1OCCCCON=C(C)C. The van der Waals surface area contributed by atoms with Crippen molar-refractivity contribution in [3.63, 3.8) is 0 Å². The van der Waals surface area contributed by atoms with E-state index in [4.69, 9.17) is 37.5 Å². The van der Waals surface area contributed by atoms with Crippen LogP contribution in [-0.2, 0) is 11.3 Å². The summed E-state index contributed by atoms with van der Waals surface area (Å²) >= 11 is 11.1. The van der Waals surface area contributed by atoms with Crippen molar-refractivity contribution in [2.24, 2.45) is 5.16 Å². The number of ether oxygens (including phenoxy) is 2. The van der Waals surface area contributed by atoms with Crippen molar-refractivity contribution in [3.05, 3.63) is 34.1 Å². The van der Waals surface area contributed by atoms with Crippen LogP contribution in [0.25, 0.3) is 0 Å². The molecule has 0 heterocycles. The molecule has 1 aromatic rings. The van der Waals surface area contributed by atoms with Crippen LogP contribution in [0.5, 0.6) is 11.5 Å². The molecule has 0 radical (unpaired) electrons. The van der Waals surface area contributed by atoms with Gasteiger partial charge in [-0.1, -0.05) is 41.7 Å². The molecule has 0 aliphatic heterocycles. The Labute approximate surface area is 164 Å². The van der Waals surface area contributed by atoms with Gasteiger partial charge in [-0.3, -0.25) is 0 Å². The van der Waals surface area contributed by atoms with Gasteiger partial charge < -0.3 is 14.3 Å². The standard InChI is InChI=1S/C19H26Cl2FNO3/c1-4-7-15-12-16(24-11-8-18(20)21)13-17(22)19(15)25-9-5-6-10-26-23-14(2)3/h8,12-13H,4-7,9-11H2,1-3H3. The van der Waals surface area contributed by atoms with Crippen LogP contribution in [0.1, 0.15) is 45.6 Å². The summed E-state index contributed by atoms with van der Waals surface area (Å²) in [6, 6.07) is 3.10. The Balaban J connectivity index is 2.60. The van der Waals surface area contributed by atoms with E-state index < -0.39 is 5.82 Å². The fourth-order valence-electron chi connectivity index (χ4n) is 2.14. The molecule has 0 bridgehead atoms. The molecule has 1 rings (SSSR count). The van der Waals surface area contributed by atoms with E-state index in [1.807, 2.05) is 20.8 Å². The highest BCUT2D eigenvalue weighted by molar-refractivity contribution is 6.55. The molecule has 0 unspecified atom stereocenters. The van der Waals surface area contributed by atoms with E-state index in [0.717, 1.165) is 30.5 Å². The van der Waals surface area contributed by atoms with Crippen LogP contribution < -0.4 is 9.47 Å². The van der Waals surface area contributed by atoms with Crippen molar-refractivity contribution < 1.29 is 18.7 Å². The third-order valence-corrected chi connectivity index (χ3v) is 3.53. The van der Waals surface area contributed by atoms with Crippen molar-refractivity contribution in [1.29, 1.82) is 0 Å². The van der Waals surface area contributed by atoms with Gasteiger partial charge in [0.25, 0.3) is 0 Å². The number of rotatable bonds is 12. The fourth-order valence-corrected chi connectivity index (χ4v) is 2.27. The van der Waals surface area contributed by atoms with Crippen molar-refractivity contribution >= 4 is 28.9 Å². The van der Waals surface area contributed by atoms with Gasteiger partial charge in [0, 0.05) is 11.6 Å². The largest absolute Gasteiger partial charge is 0.490 e. The zero-order chi connectivity index (χ0) is 19.4. The first-order chi connectivity index (χ1) is 12.4. The summed E-state index contributed by atoms with van der Waals surface area (Å²) in [5.41, 5.74) is 1.66. The van der Waals surface area contributed by atoms with E-state index in [1.165, 1.54) is 12.1 Å². The second kappa shape index (κ2) is 12.8. The van der Waals surface area contributed by atoms with Gasteiger partial charge in [0.2, 0.25) is 0 Å². The number of nitrogens with zero attached hydrogens (tertiary/aromatic N) is 1. The highest BCUT2D eigenvalue weighted by atomic mass is 35.5. The van der Waals surface area contributed by atoms with Crippen molar-refractivity contribution in [3.8, 4) is 11.5 Å². The minimum atomic E-state index is -0.436. The Hall–Kier alpha value is -1.46. The molecule has 0 aliphatic rings. The average molecular weight is 406 g/mol. The molecule has 0 spiro atoms. The van der Waals surface area contributed by atoms with E-state index in [9.17, 15) is 4.39 Å². The predicted molar refractivity (Wildman–Crippen MR) is 105 cm³/mol. The van der Waals surface area contributed by atoms with Crippen LogP contribution in [0.3, 0.4) is 0 Å². The van der Waals surface area contributed by atoms with Crippen LogP contribution in [0, 0.1) is 5.82 Å². The number of unbranched alkanes of at least 4 members (excludes halogenated alkanes) is 1. The third kappa shape index (κ3) is 9.30. The summed E-state index contributed by atoms with van der Waals surface area (Å²) in [5.74, 6) is 0.271. The maximum absolute atomic E-state index is 14.4. The lowest BCUT2D eigenvalue weighted by molar-refractivity contribution is 0.135. The first kappa shape index (κ1) is 22.6. The lowest BCUT2D eigenvalue weighted by Gasteiger charge is -2.14. The predicted octanol–water partition coefficient (Wildman–Crippen LogP) is 6.05. The Morgan fingerprint density at radius 1 is 1.15 bits per heavy atom. The van der Waals surface area contributed by atoms with Gasteiger partial charge in [-0.05, 0) is 45.3 Å². The normalized spacial score (nSPS) is 10.2. The van der Waals surface area contributed by atoms with E-state index in [-0.39, 0.29) is 16.8 Å². The Bertz CT molecular complexity index is 613. The van der Waals surface area contributed by atoms with E-state index in [2.05, 4.69) is 5.16 Å². The highest BCUT2D eigenvalue weighted by Gasteiger charge is 2.13. The van der Waals surface area contributed by atoms with Crippen molar-refractivity contribution in [2.75, 3.05) is 19.8 Å². The van der Waals surface area contributed by atoms with Crippen LogP contribution in [0.15, 0.2) is 27.9 Å². The molecule has 0 saturated carbocycles. The molecular formula is C19H26Cl2FNO3. The first-order valence-corrected chi connectivity index (χ1v) is 9.42. The number of halogens is 3. The maximum Gasteiger partial charge on any atom is 0.169 e. The van der Waals surface area contributed by atoms with Gasteiger partial charge >= 0.3 is 0 Å². The summed E-state index contributed by atoms with van der Waals surface area (Å²) in [5, 5.41) is 3.86. The zero-order valence-corrected chi connectivity index (χ0v) is 17.0. The van der Waals surface area contributed by atoms with Crippen LogP contribution in [0.4, 0.5) is 4.39 Å². The van der Waals surface area contributed by atoms with Crippen LogP contribution in [-0.4, -0.2) is 25.5 Å². The van der Waals surface area contributed by atoms with Gasteiger partial charge in [0.05, 0.1) is 12.3 Å². The van der Waals surface area contributed by atoms with Gasteiger partial charge in [0.15, 0.2) is 11.6 Å². The van der Waals surface area contributed by atoms with Crippen LogP contribution >= 0.6 is 23.2 Å². The van der Waals surface area contributed by atoms with Crippen LogP contribution in [0.2, 0.25) is 0 Å². The van der Waals surface area contributed by atoms with Gasteiger partial charge in [0.1, 0.15) is 23.5 Å². The molecule has 0 atom stereocenters. The second-order valence-corrected chi connectivity index (χ2v) is 6.88. The van der Waals surface area contributed by atoms with Crippen molar-refractivity contribution in [1.82, 2.24) is 0 Å². The summed E-state index contributed by atoms with van der Waals surface area (Å²) < 4.78 is 25.7. The third-order valence-electron chi connectivity index (χ3n) is 3.22. The zero-order valence-electron chi connectivity index (χ0n) is 15.5. The molecule has 146 valence electrons. The van der Waals surface area contributed by atoms with Crippen molar-refractivity contribution in [2.45, 2.75) is 46.5 Å². The van der Waals surface area contributed by atoms with Gasteiger partial charge in [-0.2, -0.15) is 0 Å². The summed E-state index contributed by atoms with van der Waals surface area (Å²) in [6.45, 7) is 6.87. The Kier molecular flexibility index (Phi) is 11.1. The van der Waals surface area contributed by atoms with E-state index >= 15 is 0 Å². The minimum Gasteiger partial charge on any atom is -0.490 e. The Morgan fingerprint density at radius 3 is 2.54 bits per heavy atom. The number of aryl methyl sites for hydroxylation is 1. The maximum atomic E-state index is 14.4. The van der Waals surface area contributed by atoms with E-state index in [0.29, 0.717) is 25.4 Å². The molecule has 0 N–H and O–H groups in total. The fraction of sp³-hybridized carbons (Fsp3) is 0.526. The number of hydrogen-bond donors (Lipinski definition) is 0. The second-order valence-electron chi connectivity index (χ2n) is 5.88. The average Bonchev–Trinajstić information content (AvgIpc) is 2.55. The number of hydrogen-bond acceptors (Lipinski definition) is 4. The monoisotopic (exact) mass is 405 g/mol. The summed E-state index contributed by atoms with van der Waals surface area (Å²) in [7, 11) is 0. The lowest BCUT2D eigenvalue weighted by Crippen LogP contribution is -2.05. The quantitative estimate of drug-likeness (QED) is 0.241. The molecule has 7 heteroatoms. The lowest BCUT2D eigenvalue weighted by atomic mass is 10.1. The molecule has 0 amide bonds. The molecule has 1 aromatic carbocycles. The minimum absolute atomic E-state index is 0.114. The molecule has 0 fully saturated rings. The van der Waals surface area contributed by atoms with Gasteiger partial charge in [-0.15, -0.1) is 0 Å². The molecule has 0 aromatic heterocycles. The molecule has 4 nitrogen and oxygen atoms in total. The molecular weight excluding hydrogens is 380 g/mol. The molecule has 26 heavy (non-hydrogen) atoms. The Morgan fingerprint density at radius 2 is 1.88 bits per heavy atom. The number of benzene rings is 1. The van der Waals surface area contributed by atoms with Gasteiger partial charge in [-0.25, -0.2) is 4.39 Å². The van der Waals surface area contributed by atoms with E-state index in [1.54, 1.807) is 6.07 Å². The topological polar surface area (TPSA) is 40.0 Å². The summed E-state index contributed by atoms with van der Waals surface area (Å²) in [4.78, 5) is 5.12. The highest BCUT2D eigenvalue weighted by Crippen LogP contribution is 2.30. The first-order valence-electron chi connectivity index (χ1n) is 8.66.